The van der Waals surface area contributed by atoms with Crippen molar-refractivity contribution in [2.75, 3.05) is 18.4 Å². The van der Waals surface area contributed by atoms with Gasteiger partial charge in [0.25, 0.3) is 0 Å². The Bertz CT molecular complexity index is 503. The maximum Gasteiger partial charge on any atom is 0.243 e. The van der Waals surface area contributed by atoms with Crippen LogP contribution in [0, 0.1) is 0 Å². The van der Waals surface area contributed by atoms with E-state index in [1.54, 1.807) is 0 Å². The van der Waals surface area contributed by atoms with Gasteiger partial charge in [0.2, 0.25) is 11.8 Å². The van der Waals surface area contributed by atoms with Crippen LogP contribution in [0.4, 0.5) is 5.69 Å². The van der Waals surface area contributed by atoms with E-state index in [0.29, 0.717) is 5.69 Å². The third kappa shape index (κ3) is 3.28. The number of hydrogen-bond acceptors (Lipinski definition) is 4. The fourth-order valence-corrected chi connectivity index (χ4v) is 2.11. The minimum Gasteiger partial charge on any atom is -0.505 e. The Morgan fingerprint density at radius 1 is 1.37 bits per heavy atom. The molecule has 102 valence electrons. The number of amides is 2. The Kier molecular flexibility index (Phi) is 4.14. The number of benzene rings is 1. The average Bonchev–Trinajstić information content (AvgIpc) is 2.36. The zero-order chi connectivity index (χ0) is 14.0. The minimum absolute atomic E-state index is 0.0488. The van der Waals surface area contributed by atoms with E-state index in [4.69, 9.17) is 23.2 Å². The van der Waals surface area contributed by atoms with Crippen molar-refractivity contribution in [3.8, 4) is 5.75 Å². The Balaban J connectivity index is 2.05. The fourth-order valence-electron chi connectivity index (χ4n) is 1.62. The molecule has 6 nitrogen and oxygen atoms in total. The second kappa shape index (κ2) is 5.64. The molecule has 1 fully saturated rings. The number of phenols is 1. The molecule has 19 heavy (non-hydrogen) atoms. The van der Waals surface area contributed by atoms with E-state index in [0.717, 1.165) is 0 Å². The van der Waals surface area contributed by atoms with Gasteiger partial charge in [-0.25, -0.2) is 0 Å². The summed E-state index contributed by atoms with van der Waals surface area (Å²) in [4.78, 5) is 22.9. The molecule has 1 aromatic rings. The molecular formula is C11H11Cl2N3O3. The molecule has 0 aliphatic carbocycles. The first-order valence-electron chi connectivity index (χ1n) is 5.46. The molecule has 8 heteroatoms. The number of anilines is 1. The number of carbonyl (C=O) groups is 2. The summed E-state index contributed by atoms with van der Waals surface area (Å²) in [5, 5.41) is 17.5. The van der Waals surface area contributed by atoms with Crippen LogP contribution < -0.4 is 16.0 Å². The van der Waals surface area contributed by atoms with Gasteiger partial charge in [-0.3, -0.25) is 14.9 Å². The topological polar surface area (TPSA) is 90.5 Å². The zero-order valence-electron chi connectivity index (χ0n) is 9.67. The third-order valence-electron chi connectivity index (χ3n) is 2.61. The summed E-state index contributed by atoms with van der Waals surface area (Å²) >= 11 is 11.5. The van der Waals surface area contributed by atoms with E-state index in [1.807, 2.05) is 0 Å². The standard InChI is InChI=1S/C11H11Cl2N3O3/c12-6-1-5(2-7(13)10(6)18)16-11(19)8-3-15-9(17)4-14-8/h1-2,8,14,18H,3-4H2,(H,15,17)(H,16,19). The number of phenolic OH excluding ortho intramolecular Hbond substituents is 1. The molecule has 1 atom stereocenters. The highest BCUT2D eigenvalue weighted by molar-refractivity contribution is 6.37. The van der Waals surface area contributed by atoms with Crippen molar-refractivity contribution in [1.29, 1.82) is 0 Å². The molecule has 0 aromatic heterocycles. The van der Waals surface area contributed by atoms with Gasteiger partial charge in [-0.2, -0.15) is 0 Å². The van der Waals surface area contributed by atoms with Crippen molar-refractivity contribution < 1.29 is 14.7 Å². The van der Waals surface area contributed by atoms with Crippen molar-refractivity contribution >= 4 is 40.7 Å². The van der Waals surface area contributed by atoms with Crippen LogP contribution in [0.15, 0.2) is 12.1 Å². The first-order chi connectivity index (χ1) is 8.97. The molecule has 1 aromatic carbocycles. The fraction of sp³-hybridized carbons (Fsp3) is 0.273. The average molecular weight is 304 g/mol. The Morgan fingerprint density at radius 2 is 2.00 bits per heavy atom. The molecule has 2 amide bonds. The summed E-state index contributed by atoms with van der Waals surface area (Å²) in [5.74, 6) is -0.706. The van der Waals surface area contributed by atoms with Gasteiger partial charge in [-0.15, -0.1) is 0 Å². The second-order valence-electron chi connectivity index (χ2n) is 4.02. The lowest BCUT2D eigenvalue weighted by atomic mass is 10.2. The third-order valence-corrected chi connectivity index (χ3v) is 3.19. The van der Waals surface area contributed by atoms with Crippen molar-refractivity contribution in [2.24, 2.45) is 0 Å². The predicted octanol–water partition coefficient (Wildman–Crippen LogP) is 0.725. The number of carbonyl (C=O) groups excluding carboxylic acids is 2. The number of halogens is 2. The highest BCUT2D eigenvalue weighted by Gasteiger charge is 2.24. The van der Waals surface area contributed by atoms with Crippen LogP contribution in [0.2, 0.25) is 10.0 Å². The van der Waals surface area contributed by atoms with Gasteiger partial charge in [-0.1, -0.05) is 23.2 Å². The number of rotatable bonds is 2. The van der Waals surface area contributed by atoms with E-state index in [9.17, 15) is 14.7 Å². The molecular weight excluding hydrogens is 293 g/mol. The Labute approximate surface area is 119 Å². The van der Waals surface area contributed by atoms with Gasteiger partial charge in [0.15, 0.2) is 5.75 Å². The van der Waals surface area contributed by atoms with Crippen molar-refractivity contribution in [1.82, 2.24) is 10.6 Å². The molecule has 0 radical (unpaired) electrons. The second-order valence-corrected chi connectivity index (χ2v) is 4.83. The summed E-state index contributed by atoms with van der Waals surface area (Å²) in [7, 11) is 0. The van der Waals surface area contributed by atoms with Gasteiger partial charge >= 0.3 is 0 Å². The number of hydrogen-bond donors (Lipinski definition) is 4. The predicted molar refractivity (Wildman–Crippen MR) is 71.6 cm³/mol. The molecule has 0 saturated carbocycles. The molecule has 1 saturated heterocycles. The normalized spacial score (nSPS) is 18.8. The molecule has 1 unspecified atom stereocenters. The van der Waals surface area contributed by atoms with E-state index in [2.05, 4.69) is 16.0 Å². The molecule has 1 aliphatic rings. The monoisotopic (exact) mass is 303 g/mol. The lowest BCUT2D eigenvalue weighted by Gasteiger charge is -2.23. The maximum absolute atomic E-state index is 11.9. The zero-order valence-corrected chi connectivity index (χ0v) is 11.2. The molecule has 0 spiro atoms. The van der Waals surface area contributed by atoms with Crippen LogP contribution in [0.3, 0.4) is 0 Å². The first-order valence-corrected chi connectivity index (χ1v) is 6.22. The number of piperazine rings is 1. The van der Waals surface area contributed by atoms with Crippen LogP contribution >= 0.6 is 23.2 Å². The van der Waals surface area contributed by atoms with E-state index in [-0.39, 0.29) is 40.7 Å². The first kappa shape index (κ1) is 13.9. The van der Waals surface area contributed by atoms with E-state index in [1.165, 1.54) is 12.1 Å². The van der Waals surface area contributed by atoms with Crippen LogP contribution in [0.25, 0.3) is 0 Å². The quantitative estimate of drug-likeness (QED) is 0.606. The van der Waals surface area contributed by atoms with Crippen LogP contribution in [0.5, 0.6) is 5.75 Å². The van der Waals surface area contributed by atoms with Gasteiger partial charge in [0.05, 0.1) is 16.6 Å². The van der Waals surface area contributed by atoms with E-state index >= 15 is 0 Å². The Hall–Kier alpha value is -1.50. The summed E-state index contributed by atoms with van der Waals surface area (Å²) in [6.45, 7) is 0.305. The SMILES string of the molecule is O=C1CNC(C(=O)Nc2cc(Cl)c(O)c(Cl)c2)CN1. The molecule has 1 heterocycles. The molecule has 4 N–H and O–H groups in total. The Morgan fingerprint density at radius 3 is 2.53 bits per heavy atom. The maximum atomic E-state index is 11.9. The van der Waals surface area contributed by atoms with Crippen molar-refractivity contribution in [2.45, 2.75) is 6.04 Å². The van der Waals surface area contributed by atoms with Crippen LogP contribution in [0.1, 0.15) is 0 Å². The van der Waals surface area contributed by atoms with Gasteiger partial charge < -0.3 is 15.7 Å². The van der Waals surface area contributed by atoms with Gasteiger partial charge in [0.1, 0.15) is 6.04 Å². The summed E-state index contributed by atoms with van der Waals surface area (Å²) in [6.07, 6.45) is 0. The lowest BCUT2D eigenvalue weighted by molar-refractivity contribution is -0.124. The van der Waals surface area contributed by atoms with Gasteiger partial charge in [-0.05, 0) is 12.1 Å². The summed E-state index contributed by atoms with van der Waals surface area (Å²) in [5.41, 5.74) is 0.372. The lowest BCUT2D eigenvalue weighted by Crippen LogP contribution is -2.56. The number of aromatic hydroxyl groups is 1. The largest absolute Gasteiger partial charge is 0.505 e. The molecule has 1 aliphatic heterocycles. The highest BCUT2D eigenvalue weighted by atomic mass is 35.5. The summed E-state index contributed by atoms with van der Waals surface area (Å²) < 4.78 is 0. The number of nitrogens with one attached hydrogen (secondary N) is 3. The van der Waals surface area contributed by atoms with Crippen molar-refractivity contribution in [3.05, 3.63) is 22.2 Å². The van der Waals surface area contributed by atoms with Crippen LogP contribution in [-0.4, -0.2) is 36.1 Å². The van der Waals surface area contributed by atoms with Crippen molar-refractivity contribution in [3.63, 3.8) is 0 Å². The molecule has 0 bridgehead atoms. The smallest absolute Gasteiger partial charge is 0.243 e. The van der Waals surface area contributed by atoms with E-state index < -0.39 is 6.04 Å². The van der Waals surface area contributed by atoms with Gasteiger partial charge in [0, 0.05) is 12.2 Å². The summed E-state index contributed by atoms with van der Waals surface area (Å²) in [6, 6.07) is 2.26. The minimum atomic E-state index is -0.524. The van der Waals surface area contributed by atoms with Crippen LogP contribution in [-0.2, 0) is 9.59 Å². The molecule has 2 rings (SSSR count). The highest BCUT2D eigenvalue weighted by Crippen LogP contribution is 2.34.